The number of halogens is 1. The van der Waals surface area contributed by atoms with Gasteiger partial charge in [-0.05, 0) is 31.2 Å². The maximum atomic E-state index is 11.4. The third-order valence-corrected chi connectivity index (χ3v) is 4.04. The number of para-hydroxylation sites is 1. The van der Waals surface area contributed by atoms with E-state index >= 15 is 0 Å². The quantitative estimate of drug-likeness (QED) is 0.499. The fraction of sp³-hybridized carbons (Fsp3) is 0.105. The predicted molar refractivity (Wildman–Crippen MR) is 104 cm³/mol. The molecular weight excluding hydrogens is 396 g/mol. The lowest BCUT2D eigenvalue weighted by Gasteiger charge is -2.01. The van der Waals surface area contributed by atoms with Gasteiger partial charge in [0.1, 0.15) is 5.69 Å². The third kappa shape index (κ3) is 4.37. The smallest absolute Gasteiger partial charge is 0.427 e. The molecule has 1 amide bonds. The summed E-state index contributed by atoms with van der Waals surface area (Å²) in [6.45, 7) is 2.02. The molecule has 0 bridgehead atoms. The Bertz CT molecular complexity index is 905. The Hall–Kier alpha value is -2.93. The van der Waals surface area contributed by atoms with E-state index in [0.717, 1.165) is 27.0 Å². The summed E-state index contributed by atoms with van der Waals surface area (Å²) >= 11 is 3.44. The number of carbonyl (C=O) groups is 1. The molecule has 3 rings (SSSR count). The van der Waals surface area contributed by atoms with Crippen LogP contribution < -0.4 is 5.43 Å². The molecule has 1 N–H and O–H groups in total. The molecule has 0 aliphatic carbocycles. The first kappa shape index (κ1) is 17.9. The Morgan fingerprint density at radius 2 is 1.96 bits per heavy atom. The second-order valence-electron chi connectivity index (χ2n) is 5.31. The van der Waals surface area contributed by atoms with Crippen LogP contribution in [-0.4, -0.2) is 28.7 Å². The highest BCUT2D eigenvalue weighted by Crippen LogP contribution is 2.24. The number of hydrazone groups is 1. The van der Waals surface area contributed by atoms with Gasteiger partial charge in [-0.3, -0.25) is 0 Å². The van der Waals surface area contributed by atoms with Gasteiger partial charge in [-0.15, -0.1) is 0 Å². The SMILES string of the molecule is CCOC(=O)N/N=C\c1cn(-c2ccccc2)nc1-c1ccc(Br)cc1. The summed E-state index contributed by atoms with van der Waals surface area (Å²) in [5.41, 5.74) is 5.74. The standard InChI is InChI=1S/C19H17BrN4O2/c1-2-26-19(25)22-21-12-15-13-24(17-6-4-3-5-7-17)23-18(15)14-8-10-16(20)11-9-14/h3-13H,2H2,1H3,(H,22,25)/b21-12-. The molecule has 1 heterocycles. The summed E-state index contributed by atoms with van der Waals surface area (Å²) in [5.74, 6) is 0. The molecule has 0 fully saturated rings. The number of amides is 1. The summed E-state index contributed by atoms with van der Waals surface area (Å²) < 4.78 is 7.56. The van der Waals surface area contributed by atoms with Crippen LogP contribution in [0.2, 0.25) is 0 Å². The summed E-state index contributed by atoms with van der Waals surface area (Å²) in [5, 5.41) is 8.64. The molecule has 0 aliphatic heterocycles. The van der Waals surface area contributed by atoms with Crippen LogP contribution in [0, 0.1) is 0 Å². The number of hydrogen-bond donors (Lipinski definition) is 1. The molecule has 6 nitrogen and oxygen atoms in total. The van der Waals surface area contributed by atoms with Gasteiger partial charge in [0.15, 0.2) is 0 Å². The molecule has 0 spiro atoms. The number of nitrogens with one attached hydrogen (secondary N) is 1. The van der Waals surface area contributed by atoms with Gasteiger partial charge in [0, 0.05) is 21.8 Å². The van der Waals surface area contributed by atoms with Gasteiger partial charge in [0.05, 0.1) is 18.5 Å². The Labute approximate surface area is 159 Å². The van der Waals surface area contributed by atoms with Crippen molar-refractivity contribution in [2.75, 3.05) is 6.61 Å². The third-order valence-electron chi connectivity index (χ3n) is 3.52. The van der Waals surface area contributed by atoms with Crippen molar-refractivity contribution in [2.45, 2.75) is 6.92 Å². The number of nitrogens with zero attached hydrogens (tertiary/aromatic N) is 3. The van der Waals surface area contributed by atoms with Crippen molar-refractivity contribution < 1.29 is 9.53 Å². The highest BCUT2D eigenvalue weighted by Gasteiger charge is 2.11. The van der Waals surface area contributed by atoms with Crippen molar-refractivity contribution in [1.29, 1.82) is 0 Å². The zero-order valence-corrected chi connectivity index (χ0v) is 15.7. The van der Waals surface area contributed by atoms with Gasteiger partial charge >= 0.3 is 6.09 Å². The normalized spacial score (nSPS) is 10.8. The van der Waals surface area contributed by atoms with Gasteiger partial charge in [-0.25, -0.2) is 14.9 Å². The molecule has 0 saturated heterocycles. The molecule has 0 atom stereocenters. The van der Waals surface area contributed by atoms with E-state index < -0.39 is 6.09 Å². The Balaban J connectivity index is 1.95. The van der Waals surface area contributed by atoms with Crippen LogP contribution in [0.15, 0.2) is 70.4 Å². The first-order valence-electron chi connectivity index (χ1n) is 8.04. The Morgan fingerprint density at radius 1 is 1.23 bits per heavy atom. The maximum Gasteiger partial charge on any atom is 0.427 e. The van der Waals surface area contributed by atoms with Crippen LogP contribution >= 0.6 is 15.9 Å². The van der Waals surface area contributed by atoms with E-state index in [2.05, 4.69) is 31.6 Å². The molecule has 132 valence electrons. The zero-order chi connectivity index (χ0) is 18.4. The van der Waals surface area contributed by atoms with Crippen molar-refractivity contribution >= 4 is 28.2 Å². The van der Waals surface area contributed by atoms with Crippen LogP contribution in [-0.2, 0) is 4.74 Å². The predicted octanol–water partition coefficient (Wildman–Crippen LogP) is 4.38. The maximum absolute atomic E-state index is 11.4. The van der Waals surface area contributed by atoms with Crippen molar-refractivity contribution in [3.8, 4) is 16.9 Å². The van der Waals surface area contributed by atoms with E-state index in [0.29, 0.717) is 0 Å². The zero-order valence-electron chi connectivity index (χ0n) is 14.1. The second kappa shape index (κ2) is 8.44. The lowest BCUT2D eigenvalue weighted by atomic mass is 10.1. The monoisotopic (exact) mass is 412 g/mol. The van der Waals surface area contributed by atoms with Crippen molar-refractivity contribution in [2.24, 2.45) is 5.10 Å². The van der Waals surface area contributed by atoms with E-state index in [-0.39, 0.29) is 6.61 Å². The summed E-state index contributed by atoms with van der Waals surface area (Å²) in [6.07, 6.45) is 2.83. The molecule has 7 heteroatoms. The molecule has 3 aromatic rings. The van der Waals surface area contributed by atoms with E-state index in [1.54, 1.807) is 17.8 Å². The van der Waals surface area contributed by atoms with Gasteiger partial charge in [-0.2, -0.15) is 10.2 Å². The van der Waals surface area contributed by atoms with Gasteiger partial charge in [-0.1, -0.05) is 46.3 Å². The van der Waals surface area contributed by atoms with E-state index in [1.807, 2.05) is 60.8 Å². The molecule has 0 aliphatic rings. The van der Waals surface area contributed by atoms with Crippen LogP contribution in [0.5, 0.6) is 0 Å². The lowest BCUT2D eigenvalue weighted by molar-refractivity contribution is 0.152. The minimum Gasteiger partial charge on any atom is -0.449 e. The molecular formula is C19H17BrN4O2. The lowest BCUT2D eigenvalue weighted by Crippen LogP contribution is -2.18. The number of ether oxygens (including phenoxy) is 1. The van der Waals surface area contributed by atoms with Gasteiger partial charge in [0.25, 0.3) is 0 Å². The Morgan fingerprint density at radius 3 is 2.65 bits per heavy atom. The minimum atomic E-state index is -0.593. The average molecular weight is 413 g/mol. The van der Waals surface area contributed by atoms with Crippen molar-refractivity contribution in [3.63, 3.8) is 0 Å². The summed E-state index contributed by atoms with van der Waals surface area (Å²) in [6, 6.07) is 17.6. The Kier molecular flexibility index (Phi) is 5.80. The van der Waals surface area contributed by atoms with Crippen molar-refractivity contribution in [3.05, 3.63) is 70.8 Å². The average Bonchev–Trinajstić information content (AvgIpc) is 3.07. The number of benzene rings is 2. The highest BCUT2D eigenvalue weighted by molar-refractivity contribution is 9.10. The van der Waals surface area contributed by atoms with Gasteiger partial charge in [0.2, 0.25) is 0 Å². The second-order valence-corrected chi connectivity index (χ2v) is 6.23. The van der Waals surface area contributed by atoms with E-state index in [1.165, 1.54) is 0 Å². The molecule has 0 saturated carbocycles. The largest absolute Gasteiger partial charge is 0.449 e. The first-order chi connectivity index (χ1) is 12.7. The number of carbonyl (C=O) groups excluding carboxylic acids is 1. The number of rotatable bonds is 5. The minimum absolute atomic E-state index is 0.289. The fourth-order valence-corrected chi connectivity index (χ4v) is 2.61. The van der Waals surface area contributed by atoms with Crippen molar-refractivity contribution in [1.82, 2.24) is 15.2 Å². The molecule has 0 unspecified atom stereocenters. The summed E-state index contributed by atoms with van der Waals surface area (Å²) in [7, 11) is 0. The van der Waals surface area contributed by atoms with E-state index in [4.69, 9.17) is 4.74 Å². The number of aromatic nitrogens is 2. The highest BCUT2D eigenvalue weighted by atomic mass is 79.9. The first-order valence-corrected chi connectivity index (χ1v) is 8.83. The fourth-order valence-electron chi connectivity index (χ4n) is 2.34. The van der Waals surface area contributed by atoms with E-state index in [9.17, 15) is 4.79 Å². The van der Waals surface area contributed by atoms with Crippen LogP contribution in [0.4, 0.5) is 4.79 Å². The molecule has 0 radical (unpaired) electrons. The summed E-state index contributed by atoms with van der Waals surface area (Å²) in [4.78, 5) is 11.4. The molecule has 1 aromatic heterocycles. The van der Waals surface area contributed by atoms with Crippen LogP contribution in [0.1, 0.15) is 12.5 Å². The van der Waals surface area contributed by atoms with Gasteiger partial charge < -0.3 is 4.74 Å². The molecule has 26 heavy (non-hydrogen) atoms. The van der Waals surface area contributed by atoms with Crippen LogP contribution in [0.25, 0.3) is 16.9 Å². The van der Waals surface area contributed by atoms with Crippen LogP contribution in [0.3, 0.4) is 0 Å². The number of hydrogen-bond acceptors (Lipinski definition) is 4. The topological polar surface area (TPSA) is 68.5 Å². The molecule has 2 aromatic carbocycles.